The second kappa shape index (κ2) is 15.7. The van der Waals surface area contributed by atoms with Crippen LogP contribution in [-0.4, -0.2) is 60.9 Å². The van der Waals surface area contributed by atoms with Gasteiger partial charge in [-0.15, -0.1) is 0 Å². The number of aliphatic imine (C=N–C) groups is 1. The Kier molecular flexibility index (Phi) is 11.7. The number of rotatable bonds is 15. The van der Waals surface area contributed by atoms with Gasteiger partial charge in [0, 0.05) is 31.6 Å². The van der Waals surface area contributed by atoms with Gasteiger partial charge in [0.25, 0.3) is 5.91 Å². The second-order valence-corrected chi connectivity index (χ2v) is 11.9. The smallest absolute Gasteiger partial charge is 0.306 e. The highest BCUT2D eigenvalue weighted by atomic mass is 19.1. The van der Waals surface area contributed by atoms with Crippen molar-refractivity contribution in [3.63, 3.8) is 0 Å². The molecule has 0 aromatic heterocycles. The minimum absolute atomic E-state index is 0.0128. The molecule has 246 valence electrons. The van der Waals surface area contributed by atoms with E-state index in [1.54, 1.807) is 82.5 Å². The summed E-state index contributed by atoms with van der Waals surface area (Å²) >= 11 is 0. The third-order valence-corrected chi connectivity index (χ3v) is 7.21. The summed E-state index contributed by atoms with van der Waals surface area (Å²) in [4.78, 5) is 32.0. The molecule has 0 bridgehead atoms. The minimum atomic E-state index is -1.57. The van der Waals surface area contributed by atoms with Crippen molar-refractivity contribution in [2.75, 3.05) is 26.9 Å². The molecule has 0 unspecified atom stereocenters. The van der Waals surface area contributed by atoms with Crippen LogP contribution >= 0.6 is 0 Å². The highest BCUT2D eigenvalue weighted by molar-refractivity contribution is 6.01. The van der Waals surface area contributed by atoms with Gasteiger partial charge in [-0.1, -0.05) is 24.3 Å². The highest BCUT2D eigenvalue weighted by Gasteiger charge is 2.53. The molecule has 1 amide bonds. The zero-order valence-electron chi connectivity index (χ0n) is 26.7. The standard InChI is InChI=1S/C35H42FN3O7/c1-34(2,3)46-30(41)17-19-35(33(42)39-37-20-18-24-9-13-27(36)14-10-24)31(26-7-5-8-29(23-26)43-4)45-32(38-35)25-11-15-28(16-12-25)44-22-6-21-40/h5,7-16,23,31,37,40H,6,17-22H2,1-4H3,(H,39,42)/t31-,35-/m0/s1. The number of aliphatic hydroxyl groups is 1. The molecule has 46 heavy (non-hydrogen) atoms. The van der Waals surface area contributed by atoms with Crippen LogP contribution in [0.15, 0.2) is 77.8 Å². The predicted molar refractivity (Wildman–Crippen MR) is 171 cm³/mol. The third-order valence-electron chi connectivity index (χ3n) is 7.21. The van der Waals surface area contributed by atoms with E-state index in [2.05, 4.69) is 10.9 Å². The molecular weight excluding hydrogens is 593 g/mol. The van der Waals surface area contributed by atoms with Crippen LogP contribution in [-0.2, 0) is 25.5 Å². The topological polar surface area (TPSA) is 128 Å². The Hall–Kier alpha value is -4.48. The summed E-state index contributed by atoms with van der Waals surface area (Å²) in [6, 6.07) is 20.4. The summed E-state index contributed by atoms with van der Waals surface area (Å²) in [6.45, 7) is 6.10. The van der Waals surface area contributed by atoms with Crippen molar-refractivity contribution in [1.29, 1.82) is 0 Å². The van der Waals surface area contributed by atoms with Crippen LogP contribution in [0.4, 0.5) is 4.39 Å². The minimum Gasteiger partial charge on any atom is -0.497 e. The number of esters is 1. The van der Waals surface area contributed by atoms with Crippen molar-refractivity contribution in [1.82, 2.24) is 10.9 Å². The van der Waals surface area contributed by atoms with Gasteiger partial charge in [-0.05, 0) is 93.3 Å². The van der Waals surface area contributed by atoms with Crippen LogP contribution in [0.5, 0.6) is 11.5 Å². The molecule has 3 aromatic carbocycles. The van der Waals surface area contributed by atoms with Crippen molar-refractivity contribution in [2.24, 2.45) is 4.99 Å². The first-order valence-corrected chi connectivity index (χ1v) is 15.3. The molecule has 3 N–H and O–H groups in total. The molecule has 0 fully saturated rings. The molecule has 3 aromatic rings. The summed E-state index contributed by atoms with van der Waals surface area (Å²) in [7, 11) is 1.55. The van der Waals surface area contributed by atoms with Crippen molar-refractivity contribution in [3.05, 3.63) is 95.3 Å². The van der Waals surface area contributed by atoms with Gasteiger partial charge in [0.05, 0.1) is 13.7 Å². The van der Waals surface area contributed by atoms with Crippen molar-refractivity contribution in [2.45, 2.75) is 63.7 Å². The van der Waals surface area contributed by atoms with E-state index < -0.39 is 29.1 Å². The number of aliphatic hydroxyl groups excluding tert-OH is 1. The number of nitrogens with one attached hydrogen (secondary N) is 2. The Morgan fingerprint density at radius 2 is 1.78 bits per heavy atom. The molecule has 4 rings (SSSR count). The molecule has 0 saturated heterocycles. The van der Waals surface area contributed by atoms with Gasteiger partial charge in [0.15, 0.2) is 11.6 Å². The molecule has 10 nitrogen and oxygen atoms in total. The Bertz CT molecular complexity index is 1490. The number of carbonyl (C=O) groups is 2. The van der Waals surface area contributed by atoms with Crippen LogP contribution in [0.2, 0.25) is 0 Å². The van der Waals surface area contributed by atoms with Gasteiger partial charge in [-0.3, -0.25) is 15.0 Å². The lowest BCUT2D eigenvalue weighted by molar-refractivity contribution is -0.155. The average molecular weight is 636 g/mol. The fourth-order valence-corrected chi connectivity index (χ4v) is 4.97. The van der Waals surface area contributed by atoms with E-state index in [1.807, 2.05) is 6.07 Å². The van der Waals surface area contributed by atoms with E-state index in [9.17, 15) is 14.0 Å². The summed E-state index contributed by atoms with van der Waals surface area (Å²) in [5.41, 5.74) is 5.60. The molecule has 2 atom stereocenters. The first kappa shape index (κ1) is 34.4. The summed E-state index contributed by atoms with van der Waals surface area (Å²) in [6.07, 6.45) is 0.00855. The van der Waals surface area contributed by atoms with Crippen LogP contribution in [0.1, 0.15) is 62.8 Å². The first-order valence-electron chi connectivity index (χ1n) is 15.3. The zero-order valence-corrected chi connectivity index (χ0v) is 26.7. The third kappa shape index (κ3) is 9.27. The average Bonchev–Trinajstić information content (AvgIpc) is 3.43. The van der Waals surface area contributed by atoms with Crippen LogP contribution < -0.4 is 20.3 Å². The lowest BCUT2D eigenvalue weighted by Crippen LogP contribution is -2.53. The number of hydrogen-bond donors (Lipinski definition) is 3. The maximum Gasteiger partial charge on any atom is 0.306 e. The van der Waals surface area contributed by atoms with Gasteiger partial charge in [-0.2, -0.15) is 0 Å². The molecule has 0 saturated carbocycles. The Morgan fingerprint density at radius 3 is 2.46 bits per heavy atom. The fourth-order valence-electron chi connectivity index (χ4n) is 4.97. The fraction of sp³-hybridized carbons (Fsp3) is 0.400. The highest BCUT2D eigenvalue weighted by Crippen LogP contribution is 2.44. The SMILES string of the molecule is COc1cccc([C@@H]2OC(c3ccc(OCCCO)cc3)=N[C@]2(CCC(=O)OC(C)(C)C)C(=O)NNCCc2ccc(F)cc2)c1. The number of amides is 1. The molecular formula is C35H42FN3O7. The van der Waals surface area contributed by atoms with E-state index in [0.717, 1.165) is 5.56 Å². The quantitative estimate of drug-likeness (QED) is 0.123. The van der Waals surface area contributed by atoms with Gasteiger partial charge in [0.2, 0.25) is 5.90 Å². The van der Waals surface area contributed by atoms with Crippen LogP contribution in [0.25, 0.3) is 0 Å². The molecule has 1 aliphatic rings. The number of hydrogen-bond acceptors (Lipinski definition) is 9. The molecule has 11 heteroatoms. The van der Waals surface area contributed by atoms with Gasteiger partial charge in [0.1, 0.15) is 22.9 Å². The summed E-state index contributed by atoms with van der Waals surface area (Å²) in [5, 5.41) is 9.04. The summed E-state index contributed by atoms with van der Waals surface area (Å²) < 4.78 is 36.5. The molecule has 1 heterocycles. The largest absolute Gasteiger partial charge is 0.497 e. The number of carbonyl (C=O) groups excluding carboxylic acids is 2. The Labute approximate surface area is 268 Å². The van der Waals surface area contributed by atoms with Crippen LogP contribution in [0.3, 0.4) is 0 Å². The van der Waals surface area contributed by atoms with Gasteiger partial charge >= 0.3 is 5.97 Å². The molecule has 0 spiro atoms. The predicted octanol–water partition coefficient (Wildman–Crippen LogP) is 4.84. The van der Waals surface area contributed by atoms with E-state index in [-0.39, 0.29) is 31.2 Å². The number of methoxy groups -OCH3 is 1. The lowest BCUT2D eigenvalue weighted by Gasteiger charge is -2.31. The van der Waals surface area contributed by atoms with E-state index in [1.165, 1.54) is 12.1 Å². The monoisotopic (exact) mass is 635 g/mol. The second-order valence-electron chi connectivity index (χ2n) is 11.9. The molecule has 0 radical (unpaired) electrons. The van der Waals surface area contributed by atoms with Crippen molar-refractivity contribution in [3.8, 4) is 11.5 Å². The number of nitrogens with zero attached hydrogens (tertiary/aromatic N) is 1. The number of hydrazine groups is 1. The van der Waals surface area contributed by atoms with E-state index >= 15 is 0 Å². The van der Waals surface area contributed by atoms with Crippen LogP contribution in [0, 0.1) is 5.82 Å². The number of ether oxygens (including phenoxy) is 4. The number of halogens is 1. The normalized spacial score (nSPS) is 17.5. The molecule has 1 aliphatic heterocycles. The molecule has 0 aliphatic carbocycles. The summed E-state index contributed by atoms with van der Waals surface area (Å²) in [5.74, 6) is 0.111. The van der Waals surface area contributed by atoms with Crippen molar-refractivity contribution >= 4 is 17.8 Å². The Balaban J connectivity index is 1.66. The van der Waals surface area contributed by atoms with Crippen molar-refractivity contribution < 1.29 is 38.0 Å². The van der Waals surface area contributed by atoms with E-state index in [0.29, 0.717) is 48.6 Å². The number of benzene rings is 3. The van der Waals surface area contributed by atoms with Gasteiger partial charge in [-0.25, -0.2) is 14.8 Å². The first-order chi connectivity index (χ1) is 22.0. The Morgan fingerprint density at radius 1 is 1.04 bits per heavy atom. The van der Waals surface area contributed by atoms with E-state index in [4.69, 9.17) is 29.0 Å². The maximum absolute atomic E-state index is 14.2. The van der Waals surface area contributed by atoms with Gasteiger partial charge < -0.3 is 24.1 Å². The maximum atomic E-state index is 14.2. The lowest BCUT2D eigenvalue weighted by atomic mass is 9.83. The zero-order chi connectivity index (χ0) is 33.2.